The van der Waals surface area contributed by atoms with Gasteiger partial charge in [-0.05, 0) is 43.7 Å². The van der Waals surface area contributed by atoms with E-state index in [9.17, 15) is 4.79 Å². The van der Waals surface area contributed by atoms with Crippen LogP contribution in [0.4, 0.5) is 0 Å². The van der Waals surface area contributed by atoms with Crippen LogP contribution in [0.1, 0.15) is 28.9 Å². The molecule has 0 saturated heterocycles. The van der Waals surface area contributed by atoms with Crippen molar-refractivity contribution < 1.29 is 4.79 Å². The highest BCUT2D eigenvalue weighted by molar-refractivity contribution is 7.98. The van der Waals surface area contributed by atoms with E-state index in [2.05, 4.69) is 10.3 Å². The molecule has 3 N–H and O–H groups in total. The number of thioether (sulfide) groups is 1. The lowest BCUT2D eigenvalue weighted by atomic mass is 10.2. The van der Waals surface area contributed by atoms with E-state index < -0.39 is 0 Å². The summed E-state index contributed by atoms with van der Waals surface area (Å²) < 4.78 is 2.01. The SMILES string of the molecule is Cl.Cl.NCCCCNC(=O)c1ccccc1SCc1cn2ccccc2n1. The van der Waals surface area contributed by atoms with E-state index in [1.165, 1.54) is 0 Å². The summed E-state index contributed by atoms with van der Waals surface area (Å²) in [5.74, 6) is 0.689. The minimum absolute atomic E-state index is 0. The van der Waals surface area contributed by atoms with Gasteiger partial charge in [-0.25, -0.2) is 4.98 Å². The maximum Gasteiger partial charge on any atom is 0.252 e. The molecule has 0 radical (unpaired) electrons. The van der Waals surface area contributed by atoms with E-state index in [0.29, 0.717) is 18.7 Å². The Morgan fingerprint density at radius 3 is 2.67 bits per heavy atom. The van der Waals surface area contributed by atoms with Crippen molar-refractivity contribution in [3.8, 4) is 0 Å². The summed E-state index contributed by atoms with van der Waals surface area (Å²) in [6, 6.07) is 13.6. The molecule has 0 saturated carbocycles. The number of imidazole rings is 1. The first-order valence-electron chi connectivity index (χ1n) is 8.40. The molecule has 1 amide bonds. The van der Waals surface area contributed by atoms with Gasteiger partial charge >= 0.3 is 0 Å². The topological polar surface area (TPSA) is 72.4 Å². The number of nitrogens with zero attached hydrogens (tertiary/aromatic N) is 2. The normalized spacial score (nSPS) is 10.1. The number of benzene rings is 1. The molecule has 0 unspecified atom stereocenters. The van der Waals surface area contributed by atoms with Gasteiger partial charge in [-0.15, -0.1) is 36.6 Å². The molecule has 2 aromatic heterocycles. The van der Waals surface area contributed by atoms with Crippen LogP contribution >= 0.6 is 36.6 Å². The third-order valence-electron chi connectivity index (χ3n) is 3.84. The first kappa shape index (κ1) is 23.3. The van der Waals surface area contributed by atoms with Gasteiger partial charge in [0.05, 0.1) is 11.3 Å². The second-order valence-corrected chi connectivity index (χ2v) is 6.75. The average Bonchev–Trinajstić information content (AvgIpc) is 3.06. The predicted molar refractivity (Wildman–Crippen MR) is 116 cm³/mol. The second-order valence-electron chi connectivity index (χ2n) is 5.73. The Bertz CT molecular complexity index is 823. The molecule has 0 aliphatic heterocycles. The first-order chi connectivity index (χ1) is 12.3. The Hall–Kier alpha value is -1.73. The van der Waals surface area contributed by atoms with Crippen molar-refractivity contribution >= 4 is 48.1 Å². The average molecular weight is 427 g/mol. The predicted octanol–water partition coefficient (Wildman–Crippen LogP) is 3.94. The van der Waals surface area contributed by atoms with Gasteiger partial charge < -0.3 is 15.5 Å². The molecule has 0 spiro atoms. The van der Waals surface area contributed by atoms with Crippen LogP contribution in [-0.4, -0.2) is 28.4 Å². The maximum atomic E-state index is 12.4. The zero-order valence-corrected chi connectivity index (χ0v) is 17.3. The fourth-order valence-corrected chi connectivity index (χ4v) is 3.49. The number of hydrogen-bond acceptors (Lipinski definition) is 4. The van der Waals surface area contributed by atoms with E-state index in [1.54, 1.807) is 11.8 Å². The zero-order chi connectivity index (χ0) is 17.5. The van der Waals surface area contributed by atoms with Crippen LogP contribution in [0, 0.1) is 0 Å². The third kappa shape index (κ3) is 6.43. The van der Waals surface area contributed by atoms with Gasteiger partial charge in [-0.3, -0.25) is 4.79 Å². The lowest BCUT2D eigenvalue weighted by Crippen LogP contribution is -2.25. The summed E-state index contributed by atoms with van der Waals surface area (Å²) >= 11 is 1.63. The van der Waals surface area contributed by atoms with Crippen LogP contribution in [0.2, 0.25) is 0 Å². The summed E-state index contributed by atoms with van der Waals surface area (Å²) in [6.45, 7) is 1.31. The highest BCUT2D eigenvalue weighted by atomic mass is 35.5. The number of carbonyl (C=O) groups excluding carboxylic acids is 1. The van der Waals surface area contributed by atoms with Gasteiger partial charge in [0.25, 0.3) is 5.91 Å². The molecule has 2 heterocycles. The van der Waals surface area contributed by atoms with Crippen molar-refractivity contribution in [2.45, 2.75) is 23.5 Å². The monoisotopic (exact) mass is 426 g/mol. The van der Waals surface area contributed by atoms with Crippen molar-refractivity contribution in [1.82, 2.24) is 14.7 Å². The number of carbonyl (C=O) groups is 1. The smallest absolute Gasteiger partial charge is 0.252 e. The summed E-state index contributed by atoms with van der Waals surface area (Å²) in [5.41, 5.74) is 8.12. The minimum Gasteiger partial charge on any atom is -0.352 e. The number of nitrogens with one attached hydrogen (secondary N) is 1. The molecule has 8 heteroatoms. The van der Waals surface area contributed by atoms with Crippen LogP contribution < -0.4 is 11.1 Å². The highest BCUT2D eigenvalue weighted by Crippen LogP contribution is 2.26. The van der Waals surface area contributed by atoms with Gasteiger partial charge in [0, 0.05) is 29.6 Å². The fourth-order valence-electron chi connectivity index (χ4n) is 2.55. The van der Waals surface area contributed by atoms with Crippen molar-refractivity contribution in [2.75, 3.05) is 13.1 Å². The van der Waals surface area contributed by atoms with Gasteiger partial charge in [0.15, 0.2) is 0 Å². The van der Waals surface area contributed by atoms with E-state index in [-0.39, 0.29) is 30.7 Å². The molecule has 0 aliphatic carbocycles. The van der Waals surface area contributed by atoms with Crippen LogP contribution in [-0.2, 0) is 5.75 Å². The number of nitrogens with two attached hydrogens (primary N) is 1. The molecule has 3 rings (SSSR count). The Balaban J connectivity index is 0.00000182. The standard InChI is InChI=1S/C19H22N4OS.2ClH/c20-10-4-5-11-21-19(24)16-7-1-2-8-17(16)25-14-15-13-23-12-6-3-9-18(23)22-15;;/h1-3,6-9,12-13H,4-5,10-11,14,20H2,(H,21,24);2*1H. The minimum atomic E-state index is -0.0323. The Morgan fingerprint density at radius 2 is 1.89 bits per heavy atom. The first-order valence-corrected chi connectivity index (χ1v) is 9.39. The second kappa shape index (κ2) is 11.9. The lowest BCUT2D eigenvalue weighted by molar-refractivity contribution is 0.0950. The Kier molecular flexibility index (Phi) is 10.3. The van der Waals surface area contributed by atoms with Crippen molar-refractivity contribution in [3.63, 3.8) is 0 Å². The maximum absolute atomic E-state index is 12.4. The van der Waals surface area contributed by atoms with Crippen molar-refractivity contribution in [2.24, 2.45) is 5.73 Å². The molecule has 0 bridgehead atoms. The molecular formula is C19H24Cl2N4OS. The molecule has 3 aromatic rings. The number of fused-ring (bicyclic) bond motifs is 1. The molecule has 0 atom stereocenters. The van der Waals surface area contributed by atoms with Gasteiger partial charge in [0.1, 0.15) is 5.65 Å². The van der Waals surface area contributed by atoms with Crippen molar-refractivity contribution in [3.05, 3.63) is 66.1 Å². The summed E-state index contributed by atoms with van der Waals surface area (Å²) in [4.78, 5) is 18.0. The number of aromatic nitrogens is 2. The van der Waals surface area contributed by atoms with Crippen LogP contribution in [0.25, 0.3) is 5.65 Å². The number of hydrogen-bond donors (Lipinski definition) is 2. The quantitative estimate of drug-likeness (QED) is 0.422. The van der Waals surface area contributed by atoms with E-state index in [4.69, 9.17) is 5.73 Å². The Labute approximate surface area is 175 Å². The zero-order valence-electron chi connectivity index (χ0n) is 14.8. The summed E-state index contributed by atoms with van der Waals surface area (Å²) in [6.07, 6.45) is 5.83. The molecule has 27 heavy (non-hydrogen) atoms. The van der Waals surface area contributed by atoms with E-state index in [0.717, 1.165) is 34.8 Å². The van der Waals surface area contributed by atoms with Crippen LogP contribution in [0.15, 0.2) is 59.8 Å². The fraction of sp³-hybridized carbons (Fsp3) is 0.263. The number of rotatable bonds is 8. The van der Waals surface area contributed by atoms with Gasteiger partial charge in [0.2, 0.25) is 0 Å². The molecule has 1 aromatic carbocycles. The number of pyridine rings is 1. The van der Waals surface area contributed by atoms with Crippen LogP contribution in [0.3, 0.4) is 0 Å². The molecule has 5 nitrogen and oxygen atoms in total. The number of halogens is 2. The molecule has 0 fully saturated rings. The van der Waals surface area contributed by atoms with Gasteiger partial charge in [-0.1, -0.05) is 18.2 Å². The van der Waals surface area contributed by atoms with Crippen LogP contribution in [0.5, 0.6) is 0 Å². The molecule has 0 aliphatic rings. The molecular weight excluding hydrogens is 403 g/mol. The van der Waals surface area contributed by atoms with E-state index in [1.807, 2.05) is 59.3 Å². The Morgan fingerprint density at radius 1 is 1.11 bits per heavy atom. The summed E-state index contributed by atoms with van der Waals surface area (Å²) in [7, 11) is 0. The third-order valence-corrected chi connectivity index (χ3v) is 4.94. The van der Waals surface area contributed by atoms with Crippen molar-refractivity contribution in [1.29, 1.82) is 0 Å². The number of unbranched alkanes of at least 4 members (excludes halogenated alkanes) is 1. The highest BCUT2D eigenvalue weighted by Gasteiger charge is 2.11. The lowest BCUT2D eigenvalue weighted by Gasteiger charge is -2.09. The van der Waals surface area contributed by atoms with Gasteiger partial charge in [-0.2, -0.15) is 0 Å². The molecule has 146 valence electrons. The largest absolute Gasteiger partial charge is 0.352 e. The number of amides is 1. The van der Waals surface area contributed by atoms with E-state index >= 15 is 0 Å². The summed E-state index contributed by atoms with van der Waals surface area (Å²) in [5, 5.41) is 2.97.